The number of rotatable bonds is 20. The van der Waals surface area contributed by atoms with E-state index in [0.29, 0.717) is 6.61 Å². The summed E-state index contributed by atoms with van der Waals surface area (Å²) in [6, 6.07) is 16.4. The maximum Gasteiger partial charge on any atom is 0.498 e. The zero-order valence-corrected chi connectivity index (χ0v) is 38.9. The molecule has 28 radical (unpaired) electrons. The van der Waals surface area contributed by atoms with Gasteiger partial charge < -0.3 is 23.4 Å². The molecule has 2 aliphatic rings. The van der Waals surface area contributed by atoms with E-state index in [9.17, 15) is 0 Å². The van der Waals surface area contributed by atoms with Crippen molar-refractivity contribution in [1.29, 1.82) is 0 Å². The van der Waals surface area contributed by atoms with Gasteiger partial charge in [-0.2, -0.15) is 0 Å². The van der Waals surface area contributed by atoms with Gasteiger partial charge in [-0.25, -0.2) is 0 Å². The fraction of sp³-hybridized carbons (Fsp3) is 0.571. The molecule has 0 amide bonds. The number of hydrogen-bond acceptors (Lipinski definition) is 6. The molecular formula is C28H40B28O5S. The van der Waals surface area contributed by atoms with Crippen molar-refractivity contribution in [3.63, 3.8) is 0 Å². The first kappa shape index (κ1) is 56.6. The van der Waals surface area contributed by atoms with Gasteiger partial charge in [0.25, 0.3) is 0 Å². The monoisotopic (exact) mass is 797 g/mol. The molecular weight excluding hydrogens is 751 g/mol. The smallest absolute Gasteiger partial charge is 0.494 e. The van der Waals surface area contributed by atoms with Gasteiger partial charge in [0.1, 0.15) is 5.75 Å². The summed E-state index contributed by atoms with van der Waals surface area (Å²) in [5.74, 6) is 1.83. The molecule has 0 unspecified atom stereocenters. The largest absolute Gasteiger partial charge is 0.498 e. The molecule has 0 aliphatic carbocycles. The number of hydrogen-bond donors (Lipinski definition) is 0. The lowest BCUT2D eigenvalue weighted by Crippen LogP contribution is -2.86. The molecule has 2 heterocycles. The van der Waals surface area contributed by atoms with E-state index in [4.69, 9.17) is 132 Å². The first-order chi connectivity index (χ1) is 28.6. The Morgan fingerprint density at radius 1 is 0.452 bits per heavy atom. The lowest BCUT2D eigenvalue weighted by molar-refractivity contribution is 0.00578. The first-order valence-corrected chi connectivity index (χ1v) is 22.3. The van der Waals surface area contributed by atoms with Crippen LogP contribution in [0.4, 0.5) is 0 Å². The van der Waals surface area contributed by atoms with Crippen LogP contribution < -0.4 is 15.7 Å². The molecule has 4 rings (SSSR count). The Morgan fingerprint density at radius 2 is 0.790 bits per heavy atom. The predicted octanol–water partition coefficient (Wildman–Crippen LogP) is -4.66. The zero-order chi connectivity index (χ0) is 47.1. The number of ether oxygens (including phenoxy) is 1. The predicted molar refractivity (Wildman–Crippen MR) is 299 cm³/mol. The van der Waals surface area contributed by atoms with Crippen LogP contribution in [0.5, 0.6) is 5.75 Å². The maximum atomic E-state index is 6.29. The molecule has 62 heavy (non-hydrogen) atoms. The molecule has 2 aliphatic heterocycles. The van der Waals surface area contributed by atoms with Gasteiger partial charge in [0.15, 0.2) is 0 Å². The van der Waals surface area contributed by atoms with E-state index in [1.54, 1.807) is 0 Å². The minimum Gasteiger partial charge on any atom is -0.494 e. The summed E-state index contributed by atoms with van der Waals surface area (Å²) in [7, 11) is 82.1. The molecule has 2 aromatic rings. The van der Waals surface area contributed by atoms with Gasteiger partial charge in [-0.15, -0.1) is 11.8 Å². The standard InChI is InChI=1S/C28H40B2O5S.B26/c1-25(2)26(3,4)33-29(32-25)21-15-9-11-17-23(21)31-19-13-14-20-36-24-18-12-10-16-22(24)30-34-27(5,6)28(7,8)35-30;1-15(2)22(16(3)4)25(21(13)14)26(23(17(5)6)18(7)8)24(19(9)10)20(11)12/h9-12,15-18H,13-14,19-20H2,1-8H3;. The molecule has 0 N–H and O–H groups in total. The summed E-state index contributed by atoms with van der Waals surface area (Å²) in [6.07, 6.45) is -8.85. The minimum absolute atomic E-state index is 0.339. The van der Waals surface area contributed by atoms with Gasteiger partial charge in [-0.05, 0) is 91.6 Å². The summed E-state index contributed by atoms with van der Waals surface area (Å²) in [5.41, 5.74) is 0.610. The fourth-order valence-corrected chi connectivity index (χ4v) is 9.04. The van der Waals surface area contributed by atoms with E-state index in [0.717, 1.165) is 35.3 Å². The highest BCUT2D eigenvalue weighted by molar-refractivity contribution is 8.25. The highest BCUT2D eigenvalue weighted by atomic mass is 32.2. The van der Waals surface area contributed by atoms with Crippen LogP contribution >= 0.6 is 11.8 Å². The van der Waals surface area contributed by atoms with Gasteiger partial charge in [-0.1, -0.05) is 36.4 Å². The lowest BCUT2D eigenvalue weighted by Gasteiger charge is -2.48. The molecule has 272 valence electrons. The Bertz CT molecular complexity index is 1520. The molecule has 5 nitrogen and oxygen atoms in total. The summed E-state index contributed by atoms with van der Waals surface area (Å²) in [6.45, 7) is 17.3. The molecule has 0 saturated carbocycles. The Kier molecular flexibility index (Phi) is 21.9. The third kappa shape index (κ3) is 14.4. The lowest BCUT2D eigenvalue weighted by atomic mass is 8.34. The SMILES string of the molecule is CC1(C)OB(c2ccccc2OCCCCSc2ccccc2B2OC(C)(C)C(C)(C)O2)OC1(C)C.[B]B([B])B(B([B])[B])B(B([B])[B])B(B(B([B])[B])B([B])[B])B(B([B])[B])B([B])[B]. The van der Waals surface area contributed by atoms with Gasteiger partial charge >= 0.3 is 14.2 Å². The summed E-state index contributed by atoms with van der Waals surface area (Å²) in [5, 5.41) is 0. The Hall–Kier alpha value is 0.248. The van der Waals surface area contributed by atoms with Crippen LogP contribution in [0, 0.1) is 0 Å². The molecule has 0 aromatic heterocycles. The third-order valence-electron chi connectivity index (χ3n) is 12.8. The first-order valence-electron chi connectivity index (χ1n) is 21.3. The van der Waals surface area contributed by atoms with Crippen molar-refractivity contribution in [3.8, 4) is 5.75 Å². The van der Waals surface area contributed by atoms with Crippen LogP contribution in [0.15, 0.2) is 53.4 Å². The van der Waals surface area contributed by atoms with Crippen molar-refractivity contribution in [2.75, 3.05) is 12.4 Å². The fourth-order valence-electron chi connectivity index (χ4n) is 7.97. The van der Waals surface area contributed by atoms with E-state index in [-0.39, 0.29) is 29.5 Å². The number of benzene rings is 2. The van der Waals surface area contributed by atoms with E-state index >= 15 is 0 Å². The van der Waals surface area contributed by atoms with Crippen molar-refractivity contribution >= 4 is 222 Å². The minimum atomic E-state index is -1.02. The van der Waals surface area contributed by atoms with Crippen LogP contribution in [0.2, 0.25) is 0 Å². The summed E-state index contributed by atoms with van der Waals surface area (Å²) >= 11 is 1.85. The second kappa shape index (κ2) is 24.0. The highest BCUT2D eigenvalue weighted by Crippen LogP contribution is 2.38. The molecule has 0 atom stereocenters. The average Bonchev–Trinajstić information content (AvgIpc) is 3.50. The Labute approximate surface area is 404 Å². The van der Waals surface area contributed by atoms with Crippen molar-refractivity contribution in [2.24, 2.45) is 0 Å². The van der Waals surface area contributed by atoms with Gasteiger partial charge in [0, 0.05) is 195 Å². The molecule has 0 spiro atoms. The molecule has 34 heteroatoms. The molecule has 2 fully saturated rings. The highest BCUT2D eigenvalue weighted by Gasteiger charge is 2.54. The van der Waals surface area contributed by atoms with Gasteiger partial charge in [-0.3, -0.25) is 0 Å². The van der Waals surface area contributed by atoms with E-state index < -0.39 is 83.7 Å². The molecule has 0 bridgehead atoms. The van der Waals surface area contributed by atoms with Crippen molar-refractivity contribution in [1.82, 2.24) is 0 Å². The van der Waals surface area contributed by atoms with Crippen molar-refractivity contribution in [2.45, 2.75) is 95.5 Å². The third-order valence-corrected chi connectivity index (χ3v) is 14.0. The van der Waals surface area contributed by atoms with Crippen molar-refractivity contribution < 1.29 is 23.4 Å². The molecule has 2 aromatic carbocycles. The topological polar surface area (TPSA) is 46.2 Å². The molecule has 2 saturated heterocycles. The number of thioether (sulfide) groups is 1. The van der Waals surface area contributed by atoms with Crippen LogP contribution in [0.3, 0.4) is 0 Å². The quantitative estimate of drug-likeness (QED) is 0.0766. The van der Waals surface area contributed by atoms with Crippen molar-refractivity contribution in [3.05, 3.63) is 48.5 Å². The van der Waals surface area contributed by atoms with Crippen LogP contribution in [-0.2, 0) is 18.6 Å². The van der Waals surface area contributed by atoms with Gasteiger partial charge in [0.05, 0.1) is 29.0 Å². The van der Waals surface area contributed by atoms with E-state index in [1.807, 2.05) is 36.0 Å². The zero-order valence-electron chi connectivity index (χ0n) is 38.1. The summed E-state index contributed by atoms with van der Waals surface area (Å²) < 4.78 is 31.2. The number of unbranched alkanes of at least 4 members (excludes halogenated alkanes) is 1. The van der Waals surface area contributed by atoms with Crippen LogP contribution in [-0.4, -0.2) is 234 Å². The Balaban J connectivity index is 0.000000351. The van der Waals surface area contributed by atoms with E-state index in [1.165, 1.54) is 4.90 Å². The number of para-hydroxylation sites is 1. The van der Waals surface area contributed by atoms with Crippen LogP contribution in [0.25, 0.3) is 0 Å². The normalized spacial score (nSPS) is 16.5. The Morgan fingerprint density at radius 3 is 1.19 bits per heavy atom. The average molecular weight is 791 g/mol. The summed E-state index contributed by atoms with van der Waals surface area (Å²) in [4.78, 5) is 1.21. The van der Waals surface area contributed by atoms with Crippen LogP contribution in [0.1, 0.15) is 68.2 Å². The second-order valence-corrected chi connectivity index (χ2v) is 19.7. The maximum absolute atomic E-state index is 6.29. The van der Waals surface area contributed by atoms with E-state index in [2.05, 4.69) is 79.7 Å². The van der Waals surface area contributed by atoms with Gasteiger partial charge in [0.2, 0.25) is 0 Å². The second-order valence-electron chi connectivity index (χ2n) is 18.6.